The van der Waals surface area contributed by atoms with E-state index in [4.69, 9.17) is 0 Å². The van der Waals surface area contributed by atoms with Crippen molar-refractivity contribution >= 4 is 0 Å². The summed E-state index contributed by atoms with van der Waals surface area (Å²) in [5, 5.41) is 3.35. The molecule has 1 heterocycles. The fraction of sp³-hybridized carbons (Fsp3) is 1.00. The third-order valence-corrected chi connectivity index (χ3v) is 5.01. The number of nitrogens with one attached hydrogen (secondary N) is 1. The molecule has 1 N–H and O–H groups in total. The van der Waals surface area contributed by atoms with Crippen molar-refractivity contribution in [3.8, 4) is 0 Å². The Morgan fingerprint density at radius 2 is 1.65 bits per heavy atom. The largest absolute Gasteiger partial charge is 0.318 e. The molecule has 1 atom stereocenters. The maximum absolute atomic E-state index is 3.35. The Morgan fingerprint density at radius 3 is 2.00 bits per heavy atom. The molecule has 0 radical (unpaired) electrons. The summed E-state index contributed by atoms with van der Waals surface area (Å²) in [7, 11) is 2.07. The van der Waals surface area contributed by atoms with Crippen LogP contribution in [0, 0.1) is 11.3 Å². The maximum Gasteiger partial charge on any atom is 0.0243 e. The molecule has 1 saturated heterocycles. The van der Waals surface area contributed by atoms with Gasteiger partial charge in [-0.2, -0.15) is 0 Å². The second kappa shape index (κ2) is 6.75. The van der Waals surface area contributed by atoms with Crippen LogP contribution < -0.4 is 5.32 Å². The van der Waals surface area contributed by atoms with E-state index in [9.17, 15) is 0 Å². The number of piperidine rings is 1. The molecule has 2 heteroatoms. The Labute approximate surface area is 108 Å². The zero-order valence-electron chi connectivity index (χ0n) is 12.6. The molecule has 0 aromatic carbocycles. The van der Waals surface area contributed by atoms with Crippen LogP contribution in [-0.4, -0.2) is 37.6 Å². The third kappa shape index (κ3) is 3.69. The van der Waals surface area contributed by atoms with Gasteiger partial charge in [0.25, 0.3) is 0 Å². The van der Waals surface area contributed by atoms with Gasteiger partial charge in [0.2, 0.25) is 0 Å². The summed E-state index contributed by atoms with van der Waals surface area (Å²) in [6, 6.07) is 0.715. The molecule has 0 aliphatic carbocycles. The van der Waals surface area contributed by atoms with Gasteiger partial charge in [-0.3, -0.25) is 4.90 Å². The van der Waals surface area contributed by atoms with Gasteiger partial charge < -0.3 is 5.32 Å². The summed E-state index contributed by atoms with van der Waals surface area (Å²) in [5.74, 6) is 0.748. The van der Waals surface area contributed by atoms with Crippen LogP contribution in [0.15, 0.2) is 0 Å². The smallest absolute Gasteiger partial charge is 0.0243 e. The minimum Gasteiger partial charge on any atom is -0.318 e. The predicted octanol–water partition coefficient (Wildman–Crippen LogP) is 3.13. The van der Waals surface area contributed by atoms with Gasteiger partial charge in [-0.25, -0.2) is 0 Å². The number of likely N-dealkylation sites (N-methyl/N-ethyl adjacent to an activating group) is 1. The van der Waals surface area contributed by atoms with Crippen LogP contribution in [-0.2, 0) is 0 Å². The fourth-order valence-electron chi connectivity index (χ4n) is 3.28. The number of likely N-dealkylation sites (tertiary alicyclic amines) is 1. The molecule has 1 aliphatic heterocycles. The Balaban J connectivity index is 2.54. The highest BCUT2D eigenvalue weighted by atomic mass is 15.2. The second-order valence-corrected chi connectivity index (χ2v) is 6.11. The lowest BCUT2D eigenvalue weighted by Crippen LogP contribution is -2.50. The van der Waals surface area contributed by atoms with Crippen molar-refractivity contribution in [2.45, 2.75) is 59.4 Å². The van der Waals surface area contributed by atoms with E-state index in [1.807, 2.05) is 0 Å². The molecule has 0 amide bonds. The highest BCUT2D eigenvalue weighted by molar-refractivity contribution is 4.88. The van der Waals surface area contributed by atoms with E-state index in [2.05, 4.69) is 45.0 Å². The fourth-order valence-corrected chi connectivity index (χ4v) is 3.28. The number of hydrogen-bond acceptors (Lipinski definition) is 2. The lowest BCUT2D eigenvalue weighted by molar-refractivity contribution is 0.0511. The minimum atomic E-state index is 0.650. The molecule has 1 unspecified atom stereocenters. The van der Waals surface area contributed by atoms with Crippen LogP contribution in [0.1, 0.15) is 53.4 Å². The number of rotatable bonds is 6. The van der Waals surface area contributed by atoms with Gasteiger partial charge >= 0.3 is 0 Å². The molecule has 0 bridgehead atoms. The topological polar surface area (TPSA) is 15.3 Å². The zero-order valence-corrected chi connectivity index (χ0v) is 12.6. The zero-order chi connectivity index (χ0) is 12.9. The Kier molecular flexibility index (Phi) is 5.94. The average Bonchev–Trinajstić information content (AvgIpc) is 2.36. The van der Waals surface area contributed by atoms with Gasteiger partial charge in [0.05, 0.1) is 0 Å². The molecule has 0 saturated carbocycles. The highest BCUT2D eigenvalue weighted by Crippen LogP contribution is 2.38. The summed E-state index contributed by atoms with van der Waals surface area (Å²) < 4.78 is 0. The summed E-state index contributed by atoms with van der Waals surface area (Å²) in [6.07, 6.45) is 5.51. The number of nitrogens with zero attached hydrogens (tertiary/aromatic N) is 1. The van der Waals surface area contributed by atoms with Gasteiger partial charge in [0.15, 0.2) is 0 Å². The van der Waals surface area contributed by atoms with Crippen LogP contribution in [0.5, 0.6) is 0 Å². The monoisotopic (exact) mass is 240 g/mol. The quantitative estimate of drug-likeness (QED) is 0.767. The normalized spacial score (nSPS) is 22.9. The van der Waals surface area contributed by atoms with Gasteiger partial charge in [-0.1, -0.05) is 40.5 Å². The van der Waals surface area contributed by atoms with E-state index in [1.165, 1.54) is 38.8 Å². The highest BCUT2D eigenvalue weighted by Gasteiger charge is 2.34. The molecule has 1 rings (SSSR count). The molecule has 102 valence electrons. The van der Waals surface area contributed by atoms with E-state index in [0.29, 0.717) is 11.5 Å². The first-order chi connectivity index (χ1) is 8.08. The Bertz CT molecular complexity index is 199. The predicted molar refractivity (Wildman–Crippen MR) is 76.4 cm³/mol. The van der Waals surface area contributed by atoms with Crippen molar-refractivity contribution in [2.24, 2.45) is 11.3 Å². The Morgan fingerprint density at radius 1 is 1.12 bits per heavy atom. The lowest BCUT2D eigenvalue weighted by Gasteiger charge is -2.45. The van der Waals surface area contributed by atoms with E-state index in [1.54, 1.807) is 0 Å². The first-order valence-corrected chi connectivity index (χ1v) is 7.47. The number of hydrogen-bond donors (Lipinski definition) is 1. The summed E-state index contributed by atoms with van der Waals surface area (Å²) in [6.45, 7) is 13.2. The molecule has 2 nitrogen and oxygen atoms in total. The van der Waals surface area contributed by atoms with Gasteiger partial charge in [0.1, 0.15) is 0 Å². The first-order valence-electron chi connectivity index (χ1n) is 7.47. The lowest BCUT2D eigenvalue weighted by atomic mass is 9.73. The van der Waals surface area contributed by atoms with Crippen molar-refractivity contribution in [3.05, 3.63) is 0 Å². The molecule has 1 fully saturated rings. The van der Waals surface area contributed by atoms with Crippen molar-refractivity contribution < 1.29 is 0 Å². The maximum atomic E-state index is 3.35. The molecular formula is C15H32N2. The van der Waals surface area contributed by atoms with Crippen LogP contribution in [0.2, 0.25) is 0 Å². The van der Waals surface area contributed by atoms with E-state index in [0.717, 1.165) is 12.5 Å². The first kappa shape index (κ1) is 15.0. The molecule has 0 aromatic heterocycles. The minimum absolute atomic E-state index is 0.650. The average molecular weight is 240 g/mol. The van der Waals surface area contributed by atoms with Crippen molar-refractivity contribution in [1.82, 2.24) is 10.2 Å². The molecule has 0 aromatic rings. The Hall–Kier alpha value is -0.0800. The van der Waals surface area contributed by atoms with Crippen molar-refractivity contribution in [2.75, 3.05) is 26.7 Å². The van der Waals surface area contributed by atoms with Gasteiger partial charge in [-0.15, -0.1) is 0 Å². The molecular weight excluding hydrogens is 208 g/mol. The van der Waals surface area contributed by atoms with Crippen molar-refractivity contribution in [1.29, 1.82) is 0 Å². The summed E-state index contributed by atoms with van der Waals surface area (Å²) >= 11 is 0. The molecule has 0 spiro atoms. The van der Waals surface area contributed by atoms with Crippen molar-refractivity contribution in [3.63, 3.8) is 0 Å². The SMILES string of the molecule is CCC1(CC)CCN(C(CNC)C(C)C)CC1. The summed E-state index contributed by atoms with van der Waals surface area (Å²) in [5.41, 5.74) is 0.650. The van der Waals surface area contributed by atoms with Gasteiger partial charge in [-0.05, 0) is 44.3 Å². The van der Waals surface area contributed by atoms with E-state index < -0.39 is 0 Å². The molecule has 1 aliphatic rings. The van der Waals surface area contributed by atoms with Gasteiger partial charge in [0, 0.05) is 12.6 Å². The third-order valence-electron chi connectivity index (χ3n) is 5.01. The van der Waals surface area contributed by atoms with E-state index >= 15 is 0 Å². The standard InChI is InChI=1S/C15H32N2/c1-6-15(7-2)8-10-17(11-9-15)14(12-16-5)13(3)4/h13-14,16H,6-12H2,1-5H3. The van der Waals surface area contributed by atoms with Crippen LogP contribution in [0.3, 0.4) is 0 Å². The molecule has 17 heavy (non-hydrogen) atoms. The second-order valence-electron chi connectivity index (χ2n) is 6.11. The van der Waals surface area contributed by atoms with Crippen LogP contribution in [0.4, 0.5) is 0 Å². The van der Waals surface area contributed by atoms with Crippen LogP contribution in [0.25, 0.3) is 0 Å². The summed E-state index contributed by atoms with van der Waals surface area (Å²) in [4.78, 5) is 2.71. The van der Waals surface area contributed by atoms with E-state index in [-0.39, 0.29) is 0 Å². The van der Waals surface area contributed by atoms with Crippen LogP contribution >= 0.6 is 0 Å².